The van der Waals surface area contributed by atoms with Gasteiger partial charge >= 0.3 is 6.03 Å². The predicted octanol–water partition coefficient (Wildman–Crippen LogP) is 2.85. The number of anilines is 2. The molecule has 6 heteroatoms. The molecular formula is C18H17N3O3. The monoisotopic (exact) mass is 323 g/mol. The topological polar surface area (TPSA) is 79.5 Å². The van der Waals surface area contributed by atoms with Crippen LogP contribution in [0, 0.1) is 0 Å². The van der Waals surface area contributed by atoms with Crippen molar-refractivity contribution in [3.8, 4) is 5.75 Å². The first-order valence-corrected chi connectivity index (χ1v) is 7.48. The number of fused-ring (bicyclic) bond motifs is 1. The maximum absolute atomic E-state index is 12.3. The Hall–Kier alpha value is -3.28. The molecule has 0 radical (unpaired) electrons. The second kappa shape index (κ2) is 6.87. The molecule has 6 nitrogen and oxygen atoms in total. The summed E-state index contributed by atoms with van der Waals surface area (Å²) in [6.45, 7) is 0.235. The van der Waals surface area contributed by atoms with Crippen LogP contribution in [0.4, 0.5) is 16.2 Å². The van der Waals surface area contributed by atoms with Gasteiger partial charge in [0.1, 0.15) is 12.4 Å². The van der Waals surface area contributed by atoms with Gasteiger partial charge < -0.3 is 20.7 Å². The van der Waals surface area contributed by atoms with E-state index in [4.69, 9.17) is 4.74 Å². The number of hydrogen-bond donors (Lipinski definition) is 3. The zero-order valence-electron chi connectivity index (χ0n) is 13.1. The summed E-state index contributed by atoms with van der Waals surface area (Å²) in [5.41, 5.74) is 2.73. The van der Waals surface area contributed by atoms with E-state index in [1.807, 2.05) is 30.3 Å². The third kappa shape index (κ3) is 3.55. The van der Waals surface area contributed by atoms with Crippen LogP contribution in [-0.4, -0.2) is 25.6 Å². The van der Waals surface area contributed by atoms with Gasteiger partial charge in [-0.3, -0.25) is 4.79 Å². The molecule has 0 unspecified atom stereocenters. The first kappa shape index (κ1) is 15.6. The average Bonchev–Trinajstić information content (AvgIpc) is 2.62. The van der Waals surface area contributed by atoms with Crippen LogP contribution in [0.5, 0.6) is 5.75 Å². The number of amides is 3. The zero-order valence-corrected chi connectivity index (χ0v) is 13.1. The van der Waals surface area contributed by atoms with E-state index in [9.17, 15) is 9.59 Å². The normalized spacial score (nSPS) is 12.3. The highest BCUT2D eigenvalue weighted by Gasteiger charge is 2.17. The Labute approximate surface area is 139 Å². The minimum atomic E-state index is -0.296. The van der Waals surface area contributed by atoms with Crippen molar-refractivity contribution in [1.29, 1.82) is 0 Å². The van der Waals surface area contributed by atoms with Gasteiger partial charge in [-0.05, 0) is 36.4 Å². The molecule has 24 heavy (non-hydrogen) atoms. The number of para-hydroxylation sites is 1. The van der Waals surface area contributed by atoms with Crippen molar-refractivity contribution in [1.82, 2.24) is 5.32 Å². The first-order chi connectivity index (χ1) is 11.7. The lowest BCUT2D eigenvalue weighted by Crippen LogP contribution is -2.24. The number of nitrogens with one attached hydrogen (secondary N) is 3. The highest BCUT2D eigenvalue weighted by Crippen LogP contribution is 2.26. The molecule has 3 rings (SSSR count). The molecule has 3 amide bonds. The van der Waals surface area contributed by atoms with E-state index in [0.29, 0.717) is 16.9 Å². The van der Waals surface area contributed by atoms with Gasteiger partial charge in [0.05, 0.1) is 5.57 Å². The summed E-state index contributed by atoms with van der Waals surface area (Å²) < 4.78 is 5.59. The van der Waals surface area contributed by atoms with Crippen molar-refractivity contribution in [2.24, 2.45) is 0 Å². The van der Waals surface area contributed by atoms with Crippen LogP contribution in [0.15, 0.2) is 54.1 Å². The van der Waals surface area contributed by atoms with Crippen LogP contribution in [0.3, 0.4) is 0 Å². The molecule has 122 valence electrons. The molecule has 0 spiro atoms. The van der Waals surface area contributed by atoms with Crippen LogP contribution >= 0.6 is 0 Å². The molecule has 0 aromatic heterocycles. The predicted molar refractivity (Wildman–Crippen MR) is 93.1 cm³/mol. The fraction of sp³-hybridized carbons (Fsp3) is 0.111. The summed E-state index contributed by atoms with van der Waals surface area (Å²) in [5, 5.41) is 7.94. The number of ether oxygens (including phenoxy) is 1. The van der Waals surface area contributed by atoms with Crippen molar-refractivity contribution in [3.63, 3.8) is 0 Å². The number of benzene rings is 2. The minimum absolute atomic E-state index is 0.212. The molecule has 0 fully saturated rings. The fourth-order valence-electron chi connectivity index (χ4n) is 2.29. The second-order valence-corrected chi connectivity index (χ2v) is 5.23. The van der Waals surface area contributed by atoms with Crippen molar-refractivity contribution in [2.45, 2.75) is 0 Å². The Morgan fingerprint density at radius 3 is 2.33 bits per heavy atom. The molecule has 3 N–H and O–H groups in total. The molecule has 2 aromatic carbocycles. The van der Waals surface area contributed by atoms with Crippen molar-refractivity contribution < 1.29 is 14.3 Å². The molecular weight excluding hydrogens is 306 g/mol. The van der Waals surface area contributed by atoms with Gasteiger partial charge in [-0.25, -0.2) is 4.79 Å². The molecule has 0 atom stereocenters. The smallest absolute Gasteiger partial charge is 0.318 e. The van der Waals surface area contributed by atoms with Crippen molar-refractivity contribution >= 4 is 29.4 Å². The van der Waals surface area contributed by atoms with Gasteiger partial charge in [0.2, 0.25) is 0 Å². The van der Waals surface area contributed by atoms with Crippen molar-refractivity contribution in [2.75, 3.05) is 24.3 Å². The Kier molecular flexibility index (Phi) is 4.47. The summed E-state index contributed by atoms with van der Waals surface area (Å²) in [5.74, 6) is 0.565. The van der Waals surface area contributed by atoms with Crippen LogP contribution in [0.1, 0.15) is 5.56 Å². The summed E-state index contributed by atoms with van der Waals surface area (Å²) in [7, 11) is 1.54. The summed E-state index contributed by atoms with van der Waals surface area (Å²) in [4.78, 5) is 23.6. The number of urea groups is 1. The van der Waals surface area contributed by atoms with E-state index in [1.165, 1.54) is 0 Å². The summed E-state index contributed by atoms with van der Waals surface area (Å²) in [6.07, 6.45) is 1.83. The third-order valence-corrected chi connectivity index (χ3v) is 3.55. The zero-order chi connectivity index (χ0) is 16.9. The number of rotatable bonds is 3. The largest absolute Gasteiger partial charge is 0.488 e. The SMILES string of the molecule is CNC(=O)Nc1ccc(NC(=O)C2=Cc3ccccc3OC2)cc1. The Morgan fingerprint density at radius 2 is 1.62 bits per heavy atom. The summed E-state index contributed by atoms with van der Waals surface area (Å²) in [6, 6.07) is 14.2. The van der Waals surface area contributed by atoms with Crippen LogP contribution < -0.4 is 20.7 Å². The van der Waals surface area contributed by atoms with E-state index in [-0.39, 0.29) is 18.5 Å². The Balaban J connectivity index is 1.67. The lowest BCUT2D eigenvalue weighted by molar-refractivity contribution is -0.113. The van der Waals surface area contributed by atoms with E-state index in [1.54, 1.807) is 31.3 Å². The van der Waals surface area contributed by atoms with Crippen molar-refractivity contribution in [3.05, 3.63) is 59.7 Å². The molecule has 0 saturated carbocycles. The Bertz CT molecular complexity index is 797. The van der Waals surface area contributed by atoms with Gasteiger partial charge in [-0.1, -0.05) is 18.2 Å². The number of carbonyl (C=O) groups is 2. The molecule has 0 bridgehead atoms. The van der Waals surface area contributed by atoms with E-state index in [0.717, 1.165) is 11.3 Å². The van der Waals surface area contributed by atoms with E-state index >= 15 is 0 Å². The molecule has 1 aliphatic heterocycles. The van der Waals surface area contributed by atoms with Gasteiger partial charge in [0.25, 0.3) is 5.91 Å². The van der Waals surface area contributed by atoms with E-state index in [2.05, 4.69) is 16.0 Å². The maximum atomic E-state index is 12.3. The van der Waals surface area contributed by atoms with Gasteiger partial charge in [0, 0.05) is 24.0 Å². The molecule has 0 saturated heterocycles. The van der Waals surface area contributed by atoms with E-state index < -0.39 is 0 Å². The number of carbonyl (C=O) groups excluding carboxylic acids is 2. The molecule has 2 aromatic rings. The van der Waals surface area contributed by atoms with Crippen LogP contribution in [0.25, 0.3) is 6.08 Å². The Morgan fingerprint density at radius 1 is 0.958 bits per heavy atom. The maximum Gasteiger partial charge on any atom is 0.318 e. The lowest BCUT2D eigenvalue weighted by Gasteiger charge is -2.17. The first-order valence-electron chi connectivity index (χ1n) is 7.48. The average molecular weight is 323 g/mol. The van der Waals surface area contributed by atoms with Gasteiger partial charge in [-0.2, -0.15) is 0 Å². The quantitative estimate of drug-likeness (QED) is 0.812. The molecule has 0 aliphatic carbocycles. The summed E-state index contributed by atoms with van der Waals surface area (Å²) >= 11 is 0. The van der Waals surface area contributed by atoms with Crippen LogP contribution in [0.2, 0.25) is 0 Å². The molecule has 1 aliphatic rings. The lowest BCUT2D eigenvalue weighted by atomic mass is 10.1. The van der Waals surface area contributed by atoms with Crippen LogP contribution in [-0.2, 0) is 4.79 Å². The number of hydrogen-bond acceptors (Lipinski definition) is 3. The second-order valence-electron chi connectivity index (χ2n) is 5.23. The minimum Gasteiger partial charge on any atom is -0.488 e. The van der Waals surface area contributed by atoms with Gasteiger partial charge in [-0.15, -0.1) is 0 Å². The highest BCUT2D eigenvalue weighted by molar-refractivity contribution is 6.07. The van der Waals surface area contributed by atoms with Gasteiger partial charge in [0.15, 0.2) is 0 Å². The fourth-order valence-corrected chi connectivity index (χ4v) is 2.29. The highest BCUT2D eigenvalue weighted by atomic mass is 16.5. The third-order valence-electron chi connectivity index (χ3n) is 3.55. The standard InChI is InChI=1S/C18H17N3O3/c1-19-18(23)21-15-8-6-14(7-9-15)20-17(22)13-10-12-4-2-3-5-16(12)24-11-13/h2-10H,11H2,1H3,(H,20,22)(H2,19,21,23). The molecule has 1 heterocycles.